The molecule has 9 heteroatoms. The third-order valence-electron chi connectivity index (χ3n) is 4.73. The Balaban J connectivity index is 2.27. The fourth-order valence-electron chi connectivity index (χ4n) is 3.38. The van der Waals surface area contributed by atoms with Crippen molar-refractivity contribution in [1.29, 1.82) is 0 Å². The number of carbonyl (C=O) groups excluding carboxylic acids is 1. The van der Waals surface area contributed by atoms with Gasteiger partial charge in [0.15, 0.2) is 20.4 Å². The molecule has 0 unspecified atom stereocenters. The highest BCUT2D eigenvalue weighted by molar-refractivity contribution is 9.11. The lowest BCUT2D eigenvalue weighted by Crippen LogP contribution is -2.06. The number of rotatable bonds is 3. The number of phenols is 2. The molecule has 158 valence electrons. The van der Waals surface area contributed by atoms with E-state index >= 15 is 0 Å². The molecule has 4 rings (SSSR count). The molecule has 3 aromatic carbocycles. The Morgan fingerprint density at radius 3 is 1.97 bits per heavy atom. The van der Waals surface area contributed by atoms with E-state index in [-0.39, 0.29) is 18.1 Å². The zero-order valence-electron chi connectivity index (χ0n) is 15.8. The van der Waals surface area contributed by atoms with Crippen LogP contribution in [0.3, 0.4) is 0 Å². The number of hydrogen-bond donors (Lipinski definition) is 2. The summed E-state index contributed by atoms with van der Waals surface area (Å²) in [6.45, 7) is 2.00. The van der Waals surface area contributed by atoms with Crippen molar-refractivity contribution in [3.8, 4) is 22.6 Å². The van der Waals surface area contributed by atoms with Crippen LogP contribution in [0.4, 0.5) is 0 Å². The van der Waals surface area contributed by atoms with E-state index in [9.17, 15) is 15.0 Å². The summed E-state index contributed by atoms with van der Waals surface area (Å²) in [5.41, 5.74) is 2.40. The summed E-state index contributed by atoms with van der Waals surface area (Å²) in [5.74, 6) is -0.510. The minimum absolute atomic E-state index is 0.0299. The average molecular weight is 677 g/mol. The van der Waals surface area contributed by atoms with Crippen LogP contribution in [0.15, 0.2) is 58.7 Å². The molecule has 0 amide bonds. The summed E-state index contributed by atoms with van der Waals surface area (Å²) in [7, 11) is 0. The van der Waals surface area contributed by atoms with Crippen LogP contribution in [0, 0.1) is 0 Å². The van der Waals surface area contributed by atoms with Crippen LogP contribution in [-0.4, -0.2) is 22.8 Å². The number of ether oxygens (including phenoxy) is 1. The standard InChI is InChI=1S/C22H12Br4O5/c1-2-30-22(29)10-6-4-3-5-9(10)15-11-7-13(23)18(27)16(25)20(11)31-21-12(15)8-14(24)19(28)17(21)26/h3-8H,2H2,1H3,(H-,27,28)/p+1. The van der Waals surface area contributed by atoms with E-state index in [0.717, 1.165) is 0 Å². The van der Waals surface area contributed by atoms with Gasteiger partial charge in [-0.15, -0.1) is 0 Å². The van der Waals surface area contributed by atoms with Crippen LogP contribution in [0.1, 0.15) is 17.3 Å². The first-order valence-electron chi connectivity index (χ1n) is 9.00. The fraction of sp³-hybridized carbons (Fsp3) is 0.0909. The Hall–Kier alpha value is -1.68. The van der Waals surface area contributed by atoms with E-state index in [4.69, 9.17) is 9.15 Å². The SMILES string of the molecule is CCOC(=O)c1ccccc1-c1c2cc(Br)c(O)c(Br)c2[o+]c2c(Br)c(O)c(Br)cc12. The normalized spacial score (nSPS) is 11.3. The van der Waals surface area contributed by atoms with Crippen molar-refractivity contribution in [3.63, 3.8) is 0 Å². The molecule has 2 N–H and O–H groups in total. The molecule has 0 saturated carbocycles. The number of halogens is 4. The van der Waals surface area contributed by atoms with Gasteiger partial charge >= 0.3 is 17.1 Å². The molecule has 4 aromatic rings. The van der Waals surface area contributed by atoms with Gasteiger partial charge in [0.2, 0.25) is 0 Å². The minimum atomic E-state index is -0.450. The molecule has 0 atom stereocenters. The van der Waals surface area contributed by atoms with Crippen molar-refractivity contribution in [3.05, 3.63) is 59.9 Å². The zero-order valence-corrected chi connectivity index (χ0v) is 22.1. The molecule has 0 aliphatic rings. The van der Waals surface area contributed by atoms with Crippen LogP contribution in [-0.2, 0) is 4.74 Å². The molecule has 1 aromatic heterocycles. The number of phenolic OH excluding ortho intramolecular Hbond substituents is 2. The molecule has 0 aliphatic heterocycles. The number of benzene rings is 3. The lowest BCUT2D eigenvalue weighted by Gasteiger charge is -2.13. The minimum Gasteiger partial charge on any atom is -0.505 e. The summed E-state index contributed by atoms with van der Waals surface area (Å²) >= 11 is 13.6. The van der Waals surface area contributed by atoms with Crippen molar-refractivity contribution in [1.82, 2.24) is 0 Å². The number of carbonyl (C=O) groups is 1. The number of fused-ring (bicyclic) bond motifs is 2. The van der Waals surface area contributed by atoms with Gasteiger partial charge in [0, 0.05) is 5.56 Å². The predicted octanol–water partition coefficient (Wildman–Crippen LogP) is 8.17. The van der Waals surface area contributed by atoms with Crippen LogP contribution in [0.2, 0.25) is 0 Å². The number of esters is 1. The lowest BCUT2D eigenvalue weighted by atomic mass is 9.93. The average Bonchev–Trinajstić information content (AvgIpc) is 2.75. The highest BCUT2D eigenvalue weighted by Crippen LogP contribution is 2.49. The van der Waals surface area contributed by atoms with Crippen molar-refractivity contribution in [2.24, 2.45) is 0 Å². The summed E-state index contributed by atoms with van der Waals surface area (Å²) in [5, 5.41) is 22.1. The first-order valence-corrected chi connectivity index (χ1v) is 12.2. The second-order valence-electron chi connectivity index (χ2n) is 6.54. The van der Waals surface area contributed by atoms with Crippen LogP contribution < -0.4 is 0 Å². The molecule has 0 radical (unpaired) electrons. The van der Waals surface area contributed by atoms with Crippen molar-refractivity contribution < 1.29 is 24.2 Å². The third kappa shape index (κ3) is 3.75. The third-order valence-corrected chi connectivity index (χ3v) is 7.41. The van der Waals surface area contributed by atoms with Gasteiger partial charge in [0.05, 0.1) is 31.9 Å². The van der Waals surface area contributed by atoms with E-state index in [1.54, 1.807) is 31.2 Å². The summed E-state index contributed by atoms with van der Waals surface area (Å²) in [6, 6.07) is 10.6. The summed E-state index contributed by atoms with van der Waals surface area (Å²) < 4.78 is 13.0. The fourth-order valence-corrected chi connectivity index (χ4v) is 5.78. The zero-order chi connectivity index (χ0) is 22.4. The van der Waals surface area contributed by atoms with Gasteiger partial charge < -0.3 is 14.9 Å². The highest BCUT2D eigenvalue weighted by Gasteiger charge is 2.31. The maximum atomic E-state index is 12.7. The molecule has 0 saturated heterocycles. The van der Waals surface area contributed by atoms with Crippen LogP contribution >= 0.6 is 63.7 Å². The molecule has 31 heavy (non-hydrogen) atoms. The molecule has 0 fully saturated rings. The van der Waals surface area contributed by atoms with Gasteiger partial charge in [0.1, 0.15) is 0 Å². The van der Waals surface area contributed by atoms with E-state index in [1.165, 1.54) is 0 Å². The Morgan fingerprint density at radius 1 is 0.935 bits per heavy atom. The monoisotopic (exact) mass is 673 g/mol. The van der Waals surface area contributed by atoms with Crippen molar-refractivity contribution in [2.75, 3.05) is 6.61 Å². The lowest BCUT2D eigenvalue weighted by molar-refractivity contribution is 0.0527. The van der Waals surface area contributed by atoms with Gasteiger partial charge in [-0.2, -0.15) is 0 Å². The number of aromatic hydroxyl groups is 2. The van der Waals surface area contributed by atoms with Gasteiger partial charge in [-0.05, 0) is 94.4 Å². The quantitative estimate of drug-likeness (QED) is 0.130. The highest BCUT2D eigenvalue weighted by atomic mass is 79.9. The maximum absolute atomic E-state index is 12.7. The second-order valence-corrected chi connectivity index (χ2v) is 9.83. The Kier molecular flexibility index (Phi) is 6.31. The largest absolute Gasteiger partial charge is 0.505 e. The second kappa shape index (κ2) is 8.69. The Morgan fingerprint density at radius 2 is 1.45 bits per heavy atom. The first kappa shape index (κ1) is 22.5. The summed E-state index contributed by atoms with van der Waals surface area (Å²) in [4.78, 5) is 12.7. The van der Waals surface area contributed by atoms with Gasteiger partial charge in [0.25, 0.3) is 0 Å². The molecule has 0 spiro atoms. The van der Waals surface area contributed by atoms with Gasteiger partial charge in [-0.3, -0.25) is 0 Å². The first-order chi connectivity index (χ1) is 14.8. The van der Waals surface area contributed by atoms with Crippen molar-refractivity contribution >= 4 is 91.6 Å². The van der Waals surface area contributed by atoms with Gasteiger partial charge in [-0.1, -0.05) is 18.2 Å². The molecule has 5 nitrogen and oxygen atoms in total. The van der Waals surface area contributed by atoms with Crippen LogP contribution in [0.25, 0.3) is 33.1 Å². The van der Waals surface area contributed by atoms with E-state index in [1.807, 2.05) is 12.1 Å². The van der Waals surface area contributed by atoms with Crippen molar-refractivity contribution in [2.45, 2.75) is 6.92 Å². The molecular weight excluding hydrogens is 664 g/mol. The molecule has 1 heterocycles. The molecular formula is C22H13Br4O5+. The Bertz CT molecular complexity index is 1310. The molecule has 0 aliphatic carbocycles. The van der Waals surface area contributed by atoms with Gasteiger partial charge in [-0.25, -0.2) is 9.21 Å². The maximum Gasteiger partial charge on any atom is 0.379 e. The predicted molar refractivity (Wildman–Crippen MR) is 134 cm³/mol. The van der Waals surface area contributed by atoms with E-state index < -0.39 is 5.97 Å². The van der Waals surface area contributed by atoms with Crippen LogP contribution in [0.5, 0.6) is 11.5 Å². The molecule has 0 bridgehead atoms. The number of hydrogen-bond acceptors (Lipinski definition) is 4. The van der Waals surface area contributed by atoms with E-state index in [2.05, 4.69) is 63.7 Å². The smallest absolute Gasteiger partial charge is 0.379 e. The van der Waals surface area contributed by atoms with E-state index in [0.29, 0.717) is 56.5 Å². The topological polar surface area (TPSA) is 78.1 Å². The summed E-state index contributed by atoms with van der Waals surface area (Å²) in [6.07, 6.45) is 0. The Labute approximate surface area is 210 Å².